The van der Waals surface area contributed by atoms with Crippen molar-refractivity contribution in [2.45, 2.75) is 12.7 Å². The van der Waals surface area contributed by atoms with Gasteiger partial charge < -0.3 is 13.3 Å². The highest BCUT2D eigenvalue weighted by atomic mass is 32.3. The van der Waals surface area contributed by atoms with E-state index in [1.54, 1.807) is 0 Å². The van der Waals surface area contributed by atoms with Crippen molar-refractivity contribution in [1.82, 2.24) is 0 Å². The van der Waals surface area contributed by atoms with Crippen LogP contribution in [-0.2, 0) is 9.63 Å². The Morgan fingerprint density at radius 3 is 1.89 bits per heavy atom. The largest absolute Gasteiger partial charge is 0.795 e. The predicted octanol–water partition coefficient (Wildman–Crippen LogP) is 0.310. The Labute approximate surface area is 51.1 Å². The molecule has 0 aromatic carbocycles. The van der Waals surface area contributed by atoms with E-state index in [9.17, 15) is 22.1 Å². The first kappa shape index (κ1) is 8.93. The lowest BCUT2D eigenvalue weighted by Gasteiger charge is -2.53. The zero-order valence-corrected chi connectivity index (χ0v) is 5.49. The maximum atomic E-state index is 11.3. The summed E-state index contributed by atoms with van der Waals surface area (Å²) in [6, 6.07) is 0. The highest BCUT2D eigenvalue weighted by Crippen LogP contribution is 2.24. The van der Waals surface area contributed by atoms with Gasteiger partial charge in [0.1, 0.15) is 0 Å². The Morgan fingerprint density at radius 2 is 1.89 bits per heavy atom. The van der Waals surface area contributed by atoms with Crippen LogP contribution in [0, 0.1) is 0 Å². The summed E-state index contributed by atoms with van der Waals surface area (Å²) < 4.78 is 52.6. The van der Waals surface area contributed by atoms with Gasteiger partial charge in [0.25, 0.3) is 5.76 Å². The van der Waals surface area contributed by atoms with Crippen LogP contribution in [0.15, 0.2) is 0 Å². The second-order valence-corrected chi connectivity index (χ2v) is 4.52. The van der Waals surface area contributed by atoms with Crippen molar-refractivity contribution >= 4 is 9.63 Å². The molecule has 6 heteroatoms. The van der Waals surface area contributed by atoms with Gasteiger partial charge in [-0.3, -0.25) is 0 Å². The Hall–Kier alpha value is -0.0700. The summed E-state index contributed by atoms with van der Waals surface area (Å²) in [6.07, 6.45) is 0. The van der Waals surface area contributed by atoms with E-state index in [0.717, 1.165) is 6.92 Å². The lowest BCUT2D eigenvalue weighted by atomic mass is 11.0. The summed E-state index contributed by atoms with van der Waals surface area (Å²) in [4.78, 5) is 0. The fourth-order valence-electron chi connectivity index (χ4n) is 0.126. The molecule has 0 saturated carbocycles. The van der Waals surface area contributed by atoms with E-state index in [1.807, 2.05) is 0 Å². The van der Waals surface area contributed by atoms with Gasteiger partial charge in [0, 0.05) is 0 Å². The molecule has 0 radical (unpaired) electrons. The van der Waals surface area contributed by atoms with E-state index in [0.29, 0.717) is 0 Å². The average Bonchev–Trinajstić information content (AvgIpc) is 1.66. The second-order valence-electron chi connectivity index (χ2n) is 1.56. The van der Waals surface area contributed by atoms with Crippen LogP contribution in [0.2, 0.25) is 0 Å². The van der Waals surface area contributed by atoms with Crippen molar-refractivity contribution < 1.29 is 22.1 Å². The number of hydrogen-bond donors (Lipinski definition) is 0. The molecule has 3 nitrogen and oxygen atoms in total. The molecule has 0 aliphatic heterocycles. The summed E-state index contributed by atoms with van der Waals surface area (Å²) in [7, 11) is -6.06. The average molecular weight is 160 g/mol. The van der Waals surface area contributed by atoms with Crippen LogP contribution < -0.4 is 0 Å². The molecular weight excluding hydrogens is 154 g/mol. The number of alkyl halides is 2. The molecular formula is C3H6F2O3S-2. The van der Waals surface area contributed by atoms with Crippen LogP contribution >= 0.6 is 0 Å². The molecule has 0 unspecified atom stereocenters. The van der Waals surface area contributed by atoms with Gasteiger partial charge >= 0.3 is 0 Å². The molecule has 0 aliphatic carbocycles. The number of rotatable bonds is 2. The monoisotopic (exact) mass is 160 g/mol. The minimum absolute atomic E-state index is 0.890. The third kappa shape index (κ3) is 1.96. The normalized spacial score (nSPS) is 17.3. The molecule has 0 N–H and O–H groups in total. The molecule has 0 saturated heterocycles. The van der Waals surface area contributed by atoms with Crippen molar-refractivity contribution in [3.05, 3.63) is 0 Å². The Bertz CT molecular complexity index is 160. The summed E-state index contributed by atoms with van der Waals surface area (Å²) in [5, 5.41) is 0. The van der Waals surface area contributed by atoms with E-state index in [4.69, 9.17) is 0 Å². The second kappa shape index (κ2) is 1.96. The van der Waals surface area contributed by atoms with E-state index in [-0.39, 0.29) is 0 Å². The molecule has 9 heavy (non-hydrogen) atoms. The van der Waals surface area contributed by atoms with Crippen LogP contribution in [0.4, 0.5) is 8.78 Å². The highest BCUT2D eigenvalue weighted by Gasteiger charge is 2.20. The maximum absolute atomic E-state index is 11.3. The van der Waals surface area contributed by atoms with Gasteiger partial charge in [-0.25, -0.2) is 0 Å². The van der Waals surface area contributed by atoms with Crippen LogP contribution in [0.1, 0.15) is 6.92 Å². The summed E-state index contributed by atoms with van der Waals surface area (Å²) in [6.45, 7) is 0.890. The Balaban J connectivity index is 4.53. The van der Waals surface area contributed by atoms with Crippen LogP contribution in [0.3, 0.4) is 0 Å². The van der Waals surface area contributed by atoms with E-state index in [1.165, 1.54) is 0 Å². The van der Waals surface area contributed by atoms with Gasteiger partial charge in [0.15, 0.2) is 0 Å². The minimum Gasteiger partial charge on any atom is -0.795 e. The SMILES string of the molecule is CCS(=O)([O-])([O-])C(F)F. The van der Waals surface area contributed by atoms with Gasteiger partial charge in [-0.05, 0) is 5.75 Å². The highest BCUT2D eigenvalue weighted by molar-refractivity contribution is 8.10. The van der Waals surface area contributed by atoms with Gasteiger partial charge in [0.05, 0.1) is 0 Å². The molecule has 0 spiro atoms. The van der Waals surface area contributed by atoms with Crippen LogP contribution in [-0.4, -0.2) is 24.8 Å². The van der Waals surface area contributed by atoms with Crippen molar-refractivity contribution in [3.63, 3.8) is 0 Å². The van der Waals surface area contributed by atoms with Crippen LogP contribution in [0.25, 0.3) is 0 Å². The molecule has 58 valence electrons. The van der Waals surface area contributed by atoms with Crippen molar-refractivity contribution in [3.8, 4) is 0 Å². The molecule has 0 aromatic rings. The molecule has 0 fully saturated rings. The first-order chi connectivity index (χ1) is 3.78. The standard InChI is InChI=1S/C3H8F2O3S/c1-2-9(6,7,8)3(4)5/h3H,2H2,1H3,(H2,6,7,8)/p-2. The molecule has 0 aromatic heterocycles. The van der Waals surface area contributed by atoms with E-state index >= 15 is 0 Å². The smallest absolute Gasteiger partial charge is 0.272 e. The fraction of sp³-hybridized carbons (Fsp3) is 1.00. The molecule has 0 rings (SSSR count). The molecule has 0 amide bonds. The Kier molecular flexibility index (Phi) is 1.95. The van der Waals surface area contributed by atoms with Gasteiger partial charge in [-0.1, -0.05) is 6.92 Å². The zero-order chi connectivity index (χ0) is 7.73. The Morgan fingerprint density at radius 1 is 1.56 bits per heavy atom. The van der Waals surface area contributed by atoms with Crippen LogP contribution in [0.5, 0.6) is 0 Å². The third-order valence-electron chi connectivity index (χ3n) is 0.864. The summed E-state index contributed by atoms with van der Waals surface area (Å²) in [5.74, 6) is -4.86. The number of sulfone groups is 3. The lowest BCUT2D eigenvalue weighted by molar-refractivity contribution is 0.181. The first-order valence-corrected chi connectivity index (χ1v) is 4.22. The quantitative estimate of drug-likeness (QED) is 0.584. The predicted molar refractivity (Wildman–Crippen MR) is 26.2 cm³/mol. The fourth-order valence-corrected chi connectivity index (χ4v) is 0.378. The van der Waals surface area contributed by atoms with Crippen molar-refractivity contribution in [2.24, 2.45) is 0 Å². The van der Waals surface area contributed by atoms with Crippen molar-refractivity contribution in [1.29, 1.82) is 0 Å². The first-order valence-electron chi connectivity index (χ1n) is 2.17. The molecule has 0 aliphatic rings. The topological polar surface area (TPSA) is 63.2 Å². The van der Waals surface area contributed by atoms with Gasteiger partial charge in [0.2, 0.25) is 0 Å². The van der Waals surface area contributed by atoms with Gasteiger partial charge in [-0.15, -0.1) is 0 Å². The maximum Gasteiger partial charge on any atom is 0.272 e. The van der Waals surface area contributed by atoms with Gasteiger partial charge in [-0.2, -0.15) is 18.4 Å². The molecule has 0 atom stereocenters. The third-order valence-corrected chi connectivity index (χ3v) is 2.59. The molecule has 0 heterocycles. The van der Waals surface area contributed by atoms with E-state index in [2.05, 4.69) is 0 Å². The lowest BCUT2D eigenvalue weighted by Crippen LogP contribution is -2.41. The number of hydrogen-bond acceptors (Lipinski definition) is 3. The van der Waals surface area contributed by atoms with Crippen molar-refractivity contribution in [2.75, 3.05) is 5.75 Å². The number of halogens is 2. The summed E-state index contributed by atoms with van der Waals surface area (Å²) in [5.41, 5.74) is 0. The molecule has 0 bridgehead atoms. The zero-order valence-electron chi connectivity index (χ0n) is 4.67. The van der Waals surface area contributed by atoms with E-state index < -0.39 is 21.1 Å². The summed E-state index contributed by atoms with van der Waals surface area (Å²) >= 11 is 0. The minimum atomic E-state index is -6.06.